The van der Waals surface area contributed by atoms with Gasteiger partial charge in [0.15, 0.2) is 0 Å². The molecule has 20 heavy (non-hydrogen) atoms. The lowest BCUT2D eigenvalue weighted by molar-refractivity contribution is -0.120. The number of rotatable bonds is 7. The van der Waals surface area contributed by atoms with Gasteiger partial charge in [-0.05, 0) is 44.8 Å². The maximum atomic E-state index is 11.6. The van der Waals surface area contributed by atoms with E-state index in [1.807, 2.05) is 0 Å². The molecule has 1 atom stereocenters. The summed E-state index contributed by atoms with van der Waals surface area (Å²) in [6, 6.07) is -0.437. The molecule has 6 heteroatoms. The zero-order valence-corrected chi connectivity index (χ0v) is 12.7. The Hall–Kier alpha value is -1.14. The highest BCUT2D eigenvalue weighted by atomic mass is 16.2. The fourth-order valence-corrected chi connectivity index (χ4v) is 2.57. The molecule has 0 aromatic carbocycles. The number of urea groups is 1. The van der Waals surface area contributed by atoms with Crippen molar-refractivity contribution in [2.24, 2.45) is 5.92 Å². The molecule has 3 amide bonds. The first-order valence-corrected chi connectivity index (χ1v) is 7.60. The van der Waals surface area contributed by atoms with E-state index in [9.17, 15) is 9.59 Å². The van der Waals surface area contributed by atoms with Crippen molar-refractivity contribution in [2.45, 2.75) is 32.6 Å². The fourth-order valence-electron chi connectivity index (χ4n) is 2.57. The van der Waals surface area contributed by atoms with Crippen molar-refractivity contribution in [3.05, 3.63) is 0 Å². The van der Waals surface area contributed by atoms with Gasteiger partial charge in [-0.2, -0.15) is 0 Å². The normalized spacial score (nSPS) is 18.9. The van der Waals surface area contributed by atoms with Crippen LogP contribution in [0.2, 0.25) is 0 Å². The molecule has 0 aromatic heterocycles. The monoisotopic (exact) mass is 284 g/mol. The Balaban J connectivity index is 2.30. The quantitative estimate of drug-likeness (QED) is 0.638. The Bertz CT molecular complexity index is 304. The Morgan fingerprint density at radius 2 is 2.15 bits per heavy atom. The molecule has 6 nitrogen and oxygen atoms in total. The van der Waals surface area contributed by atoms with E-state index < -0.39 is 6.03 Å². The second kappa shape index (κ2) is 9.72. The molecule has 1 aliphatic rings. The zero-order valence-electron chi connectivity index (χ0n) is 12.7. The van der Waals surface area contributed by atoms with Gasteiger partial charge in [-0.1, -0.05) is 6.92 Å². The third-order valence-electron chi connectivity index (χ3n) is 3.59. The van der Waals surface area contributed by atoms with Crippen LogP contribution in [0.25, 0.3) is 0 Å². The Labute approximate surface area is 121 Å². The van der Waals surface area contributed by atoms with Gasteiger partial charge in [0.2, 0.25) is 5.91 Å². The van der Waals surface area contributed by atoms with Gasteiger partial charge in [-0.3, -0.25) is 10.1 Å². The van der Waals surface area contributed by atoms with Crippen LogP contribution in [0.5, 0.6) is 0 Å². The van der Waals surface area contributed by atoms with Crippen LogP contribution in [0.1, 0.15) is 32.6 Å². The number of amides is 3. The summed E-state index contributed by atoms with van der Waals surface area (Å²) in [4.78, 5) is 25.0. The number of nitrogens with zero attached hydrogens (tertiary/aromatic N) is 1. The number of hydrogen-bond acceptors (Lipinski definition) is 4. The molecule has 1 heterocycles. The van der Waals surface area contributed by atoms with E-state index in [2.05, 4.69) is 27.8 Å². The molecule has 0 bridgehead atoms. The number of nitrogens with one attached hydrogen (secondary N) is 3. The summed E-state index contributed by atoms with van der Waals surface area (Å²) in [5.41, 5.74) is 0. The van der Waals surface area contributed by atoms with E-state index in [1.54, 1.807) is 0 Å². The van der Waals surface area contributed by atoms with Gasteiger partial charge in [-0.25, -0.2) is 4.79 Å². The molecule has 1 rings (SSSR count). The van der Waals surface area contributed by atoms with E-state index >= 15 is 0 Å². The maximum Gasteiger partial charge on any atom is 0.321 e. The molecule has 0 spiro atoms. The van der Waals surface area contributed by atoms with Crippen LogP contribution in [-0.4, -0.2) is 56.6 Å². The number of carbonyl (C=O) groups is 2. The molecule has 0 aliphatic carbocycles. The zero-order chi connectivity index (χ0) is 14.8. The average Bonchev–Trinajstić information content (AvgIpc) is 2.46. The van der Waals surface area contributed by atoms with Crippen LogP contribution in [-0.2, 0) is 4.79 Å². The van der Waals surface area contributed by atoms with E-state index in [-0.39, 0.29) is 5.91 Å². The van der Waals surface area contributed by atoms with Crippen molar-refractivity contribution in [3.8, 4) is 0 Å². The second-order valence-corrected chi connectivity index (χ2v) is 5.39. The highest BCUT2D eigenvalue weighted by molar-refractivity contribution is 5.94. The smallest absolute Gasteiger partial charge is 0.321 e. The number of hydrogen-bond donors (Lipinski definition) is 3. The summed E-state index contributed by atoms with van der Waals surface area (Å²) >= 11 is 0. The van der Waals surface area contributed by atoms with E-state index in [0.29, 0.717) is 18.9 Å². The minimum Gasteiger partial charge on any atom is -0.341 e. The van der Waals surface area contributed by atoms with Crippen molar-refractivity contribution in [1.82, 2.24) is 20.9 Å². The Morgan fingerprint density at radius 1 is 1.35 bits per heavy atom. The van der Waals surface area contributed by atoms with Crippen LogP contribution in [0.3, 0.4) is 0 Å². The predicted molar refractivity (Wildman–Crippen MR) is 79.5 cm³/mol. The molecule has 1 saturated heterocycles. The van der Waals surface area contributed by atoms with E-state index in [4.69, 9.17) is 0 Å². The molecule has 1 aliphatic heterocycles. The van der Waals surface area contributed by atoms with Crippen LogP contribution >= 0.6 is 0 Å². The first kappa shape index (κ1) is 16.9. The first-order valence-electron chi connectivity index (χ1n) is 7.60. The average molecular weight is 284 g/mol. The van der Waals surface area contributed by atoms with Crippen molar-refractivity contribution in [2.75, 3.05) is 39.8 Å². The Morgan fingerprint density at radius 3 is 2.75 bits per heavy atom. The molecule has 0 saturated carbocycles. The van der Waals surface area contributed by atoms with Crippen LogP contribution < -0.4 is 16.0 Å². The highest BCUT2D eigenvalue weighted by Gasteiger charge is 2.17. The third kappa shape index (κ3) is 6.86. The van der Waals surface area contributed by atoms with Crippen molar-refractivity contribution in [1.29, 1.82) is 0 Å². The number of piperidine rings is 1. The molecule has 1 unspecified atom stereocenters. The number of carbonyl (C=O) groups excluding carboxylic acids is 2. The first-order chi connectivity index (χ1) is 9.65. The van der Waals surface area contributed by atoms with Gasteiger partial charge < -0.3 is 15.5 Å². The molecule has 1 fully saturated rings. The predicted octanol–water partition coefficient (Wildman–Crippen LogP) is 0.544. The third-order valence-corrected chi connectivity index (χ3v) is 3.59. The molecule has 3 N–H and O–H groups in total. The molecular weight excluding hydrogens is 256 g/mol. The van der Waals surface area contributed by atoms with Crippen LogP contribution in [0, 0.1) is 5.92 Å². The van der Waals surface area contributed by atoms with Crippen LogP contribution in [0.4, 0.5) is 4.79 Å². The second-order valence-electron chi connectivity index (χ2n) is 5.39. The Kier molecular flexibility index (Phi) is 8.22. The van der Waals surface area contributed by atoms with E-state index in [0.717, 1.165) is 32.6 Å². The lowest BCUT2D eigenvalue weighted by Gasteiger charge is -2.29. The van der Waals surface area contributed by atoms with Crippen molar-refractivity contribution >= 4 is 11.9 Å². The summed E-state index contributed by atoms with van der Waals surface area (Å²) in [6.45, 7) is 7.10. The van der Waals surface area contributed by atoms with Gasteiger partial charge in [0.05, 0.1) is 0 Å². The number of imide groups is 1. The van der Waals surface area contributed by atoms with Gasteiger partial charge in [0, 0.05) is 26.6 Å². The van der Waals surface area contributed by atoms with Crippen molar-refractivity contribution in [3.63, 3.8) is 0 Å². The minimum absolute atomic E-state index is 0.216. The van der Waals surface area contributed by atoms with Gasteiger partial charge in [-0.15, -0.1) is 0 Å². The van der Waals surface area contributed by atoms with Gasteiger partial charge >= 0.3 is 6.03 Å². The van der Waals surface area contributed by atoms with Gasteiger partial charge in [0.25, 0.3) is 0 Å². The molecule has 0 aromatic rings. The summed E-state index contributed by atoms with van der Waals surface area (Å²) in [5, 5.41) is 8.11. The maximum absolute atomic E-state index is 11.6. The van der Waals surface area contributed by atoms with Crippen molar-refractivity contribution < 1.29 is 9.59 Å². The minimum atomic E-state index is -0.437. The standard InChI is InChI=1S/C14H28N4O2/c1-3-8-18(11-12-5-4-7-16-10-12)9-6-13(19)17-14(20)15-2/h12,16H,3-11H2,1-2H3,(H2,15,17,19,20). The summed E-state index contributed by atoms with van der Waals surface area (Å²) in [6.07, 6.45) is 3.95. The van der Waals surface area contributed by atoms with E-state index in [1.165, 1.54) is 19.9 Å². The lowest BCUT2D eigenvalue weighted by atomic mass is 9.99. The molecule has 116 valence electrons. The summed E-state index contributed by atoms with van der Waals surface area (Å²) < 4.78 is 0. The van der Waals surface area contributed by atoms with Crippen LogP contribution in [0.15, 0.2) is 0 Å². The lowest BCUT2D eigenvalue weighted by Crippen LogP contribution is -2.41. The largest absolute Gasteiger partial charge is 0.341 e. The summed E-state index contributed by atoms with van der Waals surface area (Å²) in [5.74, 6) is 0.463. The summed E-state index contributed by atoms with van der Waals surface area (Å²) in [7, 11) is 1.50. The molecular formula is C14H28N4O2. The topological polar surface area (TPSA) is 73.5 Å². The highest BCUT2D eigenvalue weighted by Crippen LogP contribution is 2.12. The SMILES string of the molecule is CCCN(CCC(=O)NC(=O)NC)CC1CCCNC1. The fraction of sp³-hybridized carbons (Fsp3) is 0.857. The van der Waals surface area contributed by atoms with Gasteiger partial charge in [0.1, 0.15) is 0 Å². The molecule has 0 radical (unpaired) electrons.